The fourth-order valence-corrected chi connectivity index (χ4v) is 2.01. The molecule has 0 aliphatic heterocycles. The summed E-state index contributed by atoms with van der Waals surface area (Å²) in [5.41, 5.74) is 0. The van der Waals surface area contributed by atoms with Gasteiger partial charge in [-0.3, -0.25) is 9.00 Å². The summed E-state index contributed by atoms with van der Waals surface area (Å²) in [5, 5.41) is 8.21. The van der Waals surface area contributed by atoms with Crippen molar-refractivity contribution in [3.05, 3.63) is 0 Å². The zero-order valence-electron chi connectivity index (χ0n) is 9.56. The van der Waals surface area contributed by atoms with E-state index in [-0.39, 0.29) is 11.7 Å². The molecule has 4 nitrogen and oxygen atoms in total. The second-order valence-corrected chi connectivity index (χ2v) is 5.94. The highest BCUT2D eigenvalue weighted by atomic mass is 32.2. The van der Waals surface area contributed by atoms with Crippen LogP contribution in [0.1, 0.15) is 27.2 Å². The Labute approximate surface area is 93.5 Å². The van der Waals surface area contributed by atoms with E-state index in [9.17, 15) is 9.00 Å². The molecule has 5 heteroatoms. The van der Waals surface area contributed by atoms with Crippen molar-refractivity contribution in [2.45, 2.75) is 32.4 Å². The van der Waals surface area contributed by atoms with Crippen molar-refractivity contribution in [2.75, 3.05) is 19.0 Å². The van der Waals surface area contributed by atoms with Crippen molar-refractivity contribution in [3.8, 4) is 0 Å². The van der Waals surface area contributed by atoms with Crippen LogP contribution in [0.3, 0.4) is 0 Å². The number of carboxylic acids is 1. The fourth-order valence-electron chi connectivity index (χ4n) is 1.00. The fraction of sp³-hybridized carbons (Fsp3) is 0.900. The number of carbonyl (C=O) groups is 1. The number of ether oxygens (including phenoxy) is 1. The normalized spacial score (nSPS) is 15.2. The van der Waals surface area contributed by atoms with Crippen LogP contribution in [0, 0.1) is 5.92 Å². The number of hydrogen-bond acceptors (Lipinski definition) is 3. The quantitative estimate of drug-likeness (QED) is 0.645. The number of hydrogen-bond donors (Lipinski definition) is 1. The van der Waals surface area contributed by atoms with Gasteiger partial charge < -0.3 is 9.84 Å². The molecule has 0 aliphatic rings. The van der Waals surface area contributed by atoms with E-state index in [2.05, 4.69) is 0 Å². The molecule has 0 bridgehead atoms. The molecule has 0 saturated carbocycles. The molecule has 15 heavy (non-hydrogen) atoms. The van der Waals surface area contributed by atoms with Crippen molar-refractivity contribution in [2.24, 2.45) is 5.92 Å². The van der Waals surface area contributed by atoms with E-state index < -0.39 is 16.8 Å². The van der Waals surface area contributed by atoms with Gasteiger partial charge in [0.15, 0.2) is 0 Å². The molecule has 2 unspecified atom stereocenters. The molecule has 0 spiro atoms. The maximum absolute atomic E-state index is 11.5. The van der Waals surface area contributed by atoms with Gasteiger partial charge in [-0.2, -0.15) is 0 Å². The molecule has 0 radical (unpaired) electrons. The highest BCUT2D eigenvalue weighted by Gasteiger charge is 2.14. The van der Waals surface area contributed by atoms with Crippen LogP contribution in [0.25, 0.3) is 0 Å². The lowest BCUT2D eigenvalue weighted by Crippen LogP contribution is -2.20. The summed E-state index contributed by atoms with van der Waals surface area (Å²) in [6.07, 6.45) is -0.0448. The average Bonchev–Trinajstić information content (AvgIpc) is 2.10. The van der Waals surface area contributed by atoms with Crippen molar-refractivity contribution in [1.82, 2.24) is 0 Å². The lowest BCUT2D eigenvalue weighted by atomic mass is 10.2. The lowest BCUT2D eigenvalue weighted by molar-refractivity contribution is -0.136. The molecular formula is C10H20O4S. The van der Waals surface area contributed by atoms with Crippen LogP contribution in [0.4, 0.5) is 0 Å². The molecule has 0 rings (SSSR count). The third kappa shape index (κ3) is 8.57. The van der Waals surface area contributed by atoms with Gasteiger partial charge in [-0.05, 0) is 5.92 Å². The van der Waals surface area contributed by atoms with E-state index in [0.29, 0.717) is 24.9 Å². The highest BCUT2D eigenvalue weighted by Crippen LogP contribution is 2.02. The standard InChI is InChI=1S/C10H20O4S/c1-8(2)7-14-4-5-15(13)9(3)6-10(11)12/h8-9H,4-7H2,1-3H3,(H,11,12). The molecule has 0 saturated heterocycles. The van der Waals surface area contributed by atoms with E-state index in [0.717, 1.165) is 0 Å². The monoisotopic (exact) mass is 236 g/mol. The van der Waals surface area contributed by atoms with Crippen molar-refractivity contribution in [3.63, 3.8) is 0 Å². The Morgan fingerprint density at radius 1 is 1.40 bits per heavy atom. The predicted octanol–water partition coefficient (Wildman–Crippen LogP) is 1.27. The van der Waals surface area contributed by atoms with Crippen LogP contribution in [-0.4, -0.2) is 39.5 Å². The van der Waals surface area contributed by atoms with E-state index in [1.807, 2.05) is 13.8 Å². The average molecular weight is 236 g/mol. The molecule has 0 aliphatic carbocycles. The maximum Gasteiger partial charge on any atom is 0.304 e. The topological polar surface area (TPSA) is 63.6 Å². The van der Waals surface area contributed by atoms with Crippen LogP contribution in [0.5, 0.6) is 0 Å². The smallest absolute Gasteiger partial charge is 0.304 e. The Bertz CT molecular complexity index is 215. The Balaban J connectivity index is 3.60. The van der Waals surface area contributed by atoms with E-state index in [4.69, 9.17) is 9.84 Å². The minimum atomic E-state index is -1.11. The van der Waals surface area contributed by atoms with Crippen molar-refractivity contribution in [1.29, 1.82) is 0 Å². The molecule has 0 aromatic heterocycles. The van der Waals surface area contributed by atoms with Crippen LogP contribution in [-0.2, 0) is 20.3 Å². The first-order chi connectivity index (χ1) is 6.93. The minimum Gasteiger partial charge on any atom is -0.481 e. The van der Waals surface area contributed by atoms with E-state index in [1.165, 1.54) is 0 Å². The van der Waals surface area contributed by atoms with Gasteiger partial charge in [0.1, 0.15) is 0 Å². The summed E-state index contributed by atoms with van der Waals surface area (Å²) >= 11 is 0. The Hall–Kier alpha value is -0.420. The van der Waals surface area contributed by atoms with Crippen molar-refractivity contribution < 1.29 is 18.8 Å². The highest BCUT2D eigenvalue weighted by molar-refractivity contribution is 7.85. The van der Waals surface area contributed by atoms with Gasteiger partial charge >= 0.3 is 5.97 Å². The summed E-state index contributed by atoms with van der Waals surface area (Å²) in [7, 11) is -1.11. The first kappa shape index (κ1) is 14.6. The second kappa shape index (κ2) is 7.82. The molecule has 0 aromatic carbocycles. The van der Waals surface area contributed by atoms with Gasteiger partial charge in [-0.25, -0.2) is 0 Å². The third-order valence-electron chi connectivity index (χ3n) is 1.79. The molecule has 0 heterocycles. The molecule has 0 aromatic rings. The van der Waals surface area contributed by atoms with Gasteiger partial charge in [0, 0.05) is 28.4 Å². The summed E-state index contributed by atoms with van der Waals surface area (Å²) in [5.74, 6) is -0.0184. The largest absolute Gasteiger partial charge is 0.481 e. The van der Waals surface area contributed by atoms with Gasteiger partial charge in [-0.1, -0.05) is 20.8 Å². The van der Waals surface area contributed by atoms with Gasteiger partial charge in [0.25, 0.3) is 0 Å². The minimum absolute atomic E-state index is 0.0448. The Kier molecular flexibility index (Phi) is 7.60. The maximum atomic E-state index is 11.5. The molecule has 0 amide bonds. The van der Waals surface area contributed by atoms with E-state index in [1.54, 1.807) is 6.92 Å². The number of rotatable bonds is 8. The zero-order chi connectivity index (χ0) is 11.8. The lowest BCUT2D eigenvalue weighted by Gasteiger charge is -2.10. The van der Waals surface area contributed by atoms with Crippen LogP contribution in [0.15, 0.2) is 0 Å². The Morgan fingerprint density at radius 2 is 2.00 bits per heavy atom. The van der Waals surface area contributed by atoms with Gasteiger partial charge in [0.05, 0.1) is 13.0 Å². The zero-order valence-corrected chi connectivity index (χ0v) is 10.4. The summed E-state index contributed by atoms with van der Waals surface area (Å²) in [6, 6.07) is 0. The molecule has 90 valence electrons. The van der Waals surface area contributed by atoms with Crippen LogP contribution >= 0.6 is 0 Å². The summed E-state index contributed by atoms with van der Waals surface area (Å²) in [4.78, 5) is 10.4. The SMILES string of the molecule is CC(C)COCCS(=O)C(C)CC(=O)O. The van der Waals surface area contributed by atoms with Crippen LogP contribution in [0.2, 0.25) is 0 Å². The molecule has 2 atom stereocenters. The number of aliphatic carboxylic acids is 1. The first-order valence-corrected chi connectivity index (χ1v) is 6.48. The molecule has 0 fully saturated rings. The van der Waals surface area contributed by atoms with Gasteiger partial charge in [-0.15, -0.1) is 0 Å². The van der Waals surface area contributed by atoms with Crippen LogP contribution < -0.4 is 0 Å². The first-order valence-electron chi connectivity index (χ1n) is 5.10. The summed E-state index contributed by atoms with van der Waals surface area (Å²) < 4.78 is 16.8. The van der Waals surface area contributed by atoms with Crippen molar-refractivity contribution >= 4 is 16.8 Å². The molecular weight excluding hydrogens is 216 g/mol. The third-order valence-corrected chi connectivity index (χ3v) is 3.42. The summed E-state index contributed by atoms with van der Waals surface area (Å²) in [6.45, 7) is 6.87. The predicted molar refractivity (Wildman–Crippen MR) is 60.4 cm³/mol. The Morgan fingerprint density at radius 3 is 2.47 bits per heavy atom. The van der Waals surface area contributed by atoms with E-state index >= 15 is 0 Å². The second-order valence-electron chi connectivity index (χ2n) is 3.96. The number of carboxylic acid groups (broad SMARTS) is 1. The van der Waals surface area contributed by atoms with Gasteiger partial charge in [0.2, 0.25) is 0 Å². The molecule has 1 N–H and O–H groups in total.